The van der Waals surface area contributed by atoms with E-state index in [0.717, 1.165) is 11.3 Å². The molecule has 0 bridgehead atoms. The smallest absolute Gasteiger partial charge is 0.414 e. The average molecular weight is 285 g/mol. The molecule has 0 atom stereocenters. The lowest BCUT2D eigenvalue weighted by atomic mass is 10.2. The summed E-state index contributed by atoms with van der Waals surface area (Å²) in [5.41, 5.74) is 1.70. The summed E-state index contributed by atoms with van der Waals surface area (Å²) >= 11 is 0. The van der Waals surface area contributed by atoms with E-state index < -0.39 is 5.60 Å². The van der Waals surface area contributed by atoms with Gasteiger partial charge in [-0.15, -0.1) is 0 Å². The summed E-state index contributed by atoms with van der Waals surface area (Å²) in [6.07, 6.45) is 14.3. The Hall–Kier alpha value is -2.43. The van der Waals surface area contributed by atoms with Crippen molar-refractivity contribution in [2.45, 2.75) is 26.4 Å². The monoisotopic (exact) mass is 285 g/mol. The molecule has 0 N–H and O–H groups in total. The lowest BCUT2D eigenvalue weighted by Crippen LogP contribution is -2.34. The zero-order chi connectivity index (χ0) is 15.3. The van der Waals surface area contributed by atoms with Crippen LogP contribution in [-0.4, -0.2) is 35.6 Å². The second kappa shape index (κ2) is 6.35. The summed E-state index contributed by atoms with van der Waals surface area (Å²) in [6, 6.07) is 0. The van der Waals surface area contributed by atoms with Crippen molar-refractivity contribution in [3.8, 4) is 0 Å². The van der Waals surface area contributed by atoms with E-state index in [-0.39, 0.29) is 6.09 Å². The van der Waals surface area contributed by atoms with Crippen LogP contribution in [0.2, 0.25) is 0 Å². The summed E-state index contributed by atoms with van der Waals surface area (Å²) in [5.74, 6) is 0. The number of hydrogen-bond donors (Lipinski definition) is 0. The van der Waals surface area contributed by atoms with Gasteiger partial charge < -0.3 is 4.74 Å². The van der Waals surface area contributed by atoms with E-state index in [1.54, 1.807) is 18.6 Å². The Morgan fingerprint density at radius 2 is 2.14 bits per heavy atom. The predicted molar refractivity (Wildman–Crippen MR) is 84.4 cm³/mol. The third-order valence-corrected chi connectivity index (χ3v) is 2.62. The van der Waals surface area contributed by atoms with E-state index in [4.69, 9.17) is 4.74 Å². The van der Waals surface area contributed by atoms with E-state index in [9.17, 15) is 4.79 Å². The third kappa shape index (κ3) is 4.56. The summed E-state index contributed by atoms with van der Waals surface area (Å²) in [7, 11) is 0. The Bertz CT molecular complexity index is 561. The van der Waals surface area contributed by atoms with Gasteiger partial charge in [0.1, 0.15) is 5.60 Å². The fourth-order valence-electron chi connectivity index (χ4n) is 1.69. The number of carbonyl (C=O) groups is 1. The van der Waals surface area contributed by atoms with Gasteiger partial charge in [0.25, 0.3) is 0 Å². The molecule has 0 aromatic carbocycles. The van der Waals surface area contributed by atoms with Gasteiger partial charge in [0, 0.05) is 30.7 Å². The fourth-order valence-corrected chi connectivity index (χ4v) is 1.69. The van der Waals surface area contributed by atoms with Crippen LogP contribution < -0.4 is 0 Å². The fraction of sp³-hybridized carbons (Fsp3) is 0.312. The Kier molecular flexibility index (Phi) is 4.52. The molecule has 3 aliphatic rings. The number of allylic oxidation sites excluding steroid dienone is 4. The predicted octanol–water partition coefficient (Wildman–Crippen LogP) is 3.23. The second-order valence-corrected chi connectivity index (χ2v) is 5.60. The molecule has 5 nitrogen and oxygen atoms in total. The number of hydrogen-bond acceptors (Lipinski definition) is 4. The van der Waals surface area contributed by atoms with Crippen molar-refractivity contribution in [2.75, 3.05) is 6.54 Å². The molecule has 110 valence electrons. The summed E-state index contributed by atoms with van der Waals surface area (Å²) in [5, 5.41) is 0. The lowest BCUT2D eigenvalue weighted by molar-refractivity contribution is 0.0350. The summed E-state index contributed by atoms with van der Waals surface area (Å²) < 4.78 is 5.18. The molecule has 1 amide bonds. The van der Waals surface area contributed by atoms with Crippen molar-refractivity contribution in [1.29, 1.82) is 0 Å². The van der Waals surface area contributed by atoms with Crippen LogP contribution >= 0.6 is 0 Å². The topological polar surface area (TPSA) is 54.3 Å². The molecule has 0 spiro atoms. The molecule has 0 aliphatic carbocycles. The summed E-state index contributed by atoms with van der Waals surface area (Å²) in [4.78, 5) is 20.9. The molecule has 0 aromatic heterocycles. The SMILES string of the molecule is C1=NC=C2N=CC=C12.CC(C)(C)OC(=O)N1C=CC=CC1. The van der Waals surface area contributed by atoms with Crippen LogP contribution in [-0.2, 0) is 4.74 Å². The first-order chi connectivity index (χ1) is 9.96. The van der Waals surface area contributed by atoms with Gasteiger partial charge in [-0.3, -0.25) is 14.9 Å². The zero-order valence-corrected chi connectivity index (χ0v) is 12.5. The minimum atomic E-state index is -0.425. The molecule has 0 saturated heterocycles. The van der Waals surface area contributed by atoms with Gasteiger partial charge in [-0.05, 0) is 32.9 Å². The molecule has 0 unspecified atom stereocenters. The maximum absolute atomic E-state index is 11.4. The maximum atomic E-state index is 11.4. The first-order valence-corrected chi connectivity index (χ1v) is 6.77. The maximum Gasteiger partial charge on any atom is 0.414 e. The van der Waals surface area contributed by atoms with Gasteiger partial charge in [-0.25, -0.2) is 4.79 Å². The highest BCUT2D eigenvalue weighted by Gasteiger charge is 2.20. The number of carbonyl (C=O) groups excluding carboxylic acids is 1. The Balaban J connectivity index is 0.000000170. The normalized spacial score (nSPS) is 18.0. The number of rotatable bonds is 0. The van der Waals surface area contributed by atoms with E-state index in [1.165, 1.54) is 4.90 Å². The number of fused-ring (bicyclic) bond motifs is 1. The largest absolute Gasteiger partial charge is 0.443 e. The van der Waals surface area contributed by atoms with Crippen molar-refractivity contribution in [3.63, 3.8) is 0 Å². The van der Waals surface area contributed by atoms with Crippen molar-refractivity contribution in [3.05, 3.63) is 48.0 Å². The molecule has 0 fully saturated rings. The molecule has 0 radical (unpaired) electrons. The van der Waals surface area contributed by atoms with Crippen LogP contribution in [0.1, 0.15) is 20.8 Å². The Labute approximate surface area is 124 Å². The first-order valence-electron chi connectivity index (χ1n) is 6.77. The Morgan fingerprint density at radius 3 is 2.76 bits per heavy atom. The molecular weight excluding hydrogens is 266 g/mol. The molecule has 3 aliphatic heterocycles. The van der Waals surface area contributed by atoms with Gasteiger partial charge in [0.05, 0.1) is 11.9 Å². The zero-order valence-electron chi connectivity index (χ0n) is 12.5. The van der Waals surface area contributed by atoms with Crippen LogP contribution in [0.15, 0.2) is 58.0 Å². The minimum Gasteiger partial charge on any atom is -0.443 e. The number of amides is 1. The molecule has 21 heavy (non-hydrogen) atoms. The minimum absolute atomic E-state index is 0.298. The van der Waals surface area contributed by atoms with Crippen LogP contribution in [0.3, 0.4) is 0 Å². The average Bonchev–Trinajstić information content (AvgIpc) is 3.01. The second-order valence-electron chi connectivity index (χ2n) is 5.60. The first kappa shape index (κ1) is 15.0. The standard InChI is InChI=1S/C10H15NO2.C6H4N2/c1-10(2,3)13-9(12)11-7-5-4-6-8-11;1-2-8-6-4-7-3-5(1)6/h4-7H,8H2,1-3H3;1-4H. The van der Waals surface area contributed by atoms with Gasteiger partial charge >= 0.3 is 6.09 Å². The van der Waals surface area contributed by atoms with Crippen LogP contribution in [0.5, 0.6) is 0 Å². The van der Waals surface area contributed by atoms with E-state index in [0.29, 0.717) is 6.54 Å². The van der Waals surface area contributed by atoms with Crippen LogP contribution in [0.25, 0.3) is 0 Å². The van der Waals surface area contributed by atoms with Gasteiger partial charge in [-0.1, -0.05) is 12.2 Å². The number of nitrogens with zero attached hydrogens (tertiary/aromatic N) is 3. The highest BCUT2D eigenvalue weighted by molar-refractivity contribution is 5.97. The van der Waals surface area contributed by atoms with Crippen molar-refractivity contribution < 1.29 is 9.53 Å². The molecule has 3 rings (SSSR count). The van der Waals surface area contributed by atoms with Crippen molar-refractivity contribution in [1.82, 2.24) is 4.90 Å². The lowest BCUT2D eigenvalue weighted by Gasteiger charge is -2.25. The van der Waals surface area contributed by atoms with Gasteiger partial charge in [-0.2, -0.15) is 0 Å². The number of aliphatic imine (C=N–C) groups is 2. The molecule has 3 heterocycles. The number of ether oxygens (including phenoxy) is 1. The van der Waals surface area contributed by atoms with Crippen LogP contribution in [0.4, 0.5) is 4.79 Å². The van der Waals surface area contributed by atoms with Crippen molar-refractivity contribution in [2.24, 2.45) is 9.98 Å². The highest BCUT2D eigenvalue weighted by atomic mass is 16.6. The van der Waals surface area contributed by atoms with E-state index in [1.807, 2.05) is 51.3 Å². The molecule has 0 aromatic rings. The van der Waals surface area contributed by atoms with Gasteiger partial charge in [0.2, 0.25) is 0 Å². The quantitative estimate of drug-likeness (QED) is 0.686. The molecule has 5 heteroatoms. The highest BCUT2D eigenvalue weighted by Crippen LogP contribution is 2.17. The third-order valence-electron chi connectivity index (χ3n) is 2.62. The molecular formula is C16H19N3O2. The molecule has 0 saturated carbocycles. The van der Waals surface area contributed by atoms with Crippen LogP contribution in [0, 0.1) is 0 Å². The Morgan fingerprint density at radius 1 is 1.33 bits per heavy atom. The van der Waals surface area contributed by atoms with Crippen molar-refractivity contribution >= 4 is 18.5 Å². The summed E-state index contributed by atoms with van der Waals surface area (Å²) in [6.45, 7) is 6.16. The van der Waals surface area contributed by atoms with Gasteiger partial charge in [0.15, 0.2) is 0 Å². The van der Waals surface area contributed by atoms with E-state index >= 15 is 0 Å². The van der Waals surface area contributed by atoms with E-state index in [2.05, 4.69) is 9.98 Å².